The molecule has 2 aromatic carbocycles. The van der Waals surface area contributed by atoms with E-state index in [1.165, 1.54) is 6.07 Å². The Morgan fingerprint density at radius 1 is 1.23 bits per heavy atom. The van der Waals surface area contributed by atoms with E-state index < -0.39 is 0 Å². The summed E-state index contributed by atoms with van der Waals surface area (Å²) in [7, 11) is 3.33. The minimum Gasteiger partial charge on any atom is -0.508 e. The molecule has 3 N–H and O–H groups in total. The third kappa shape index (κ3) is 6.65. The molecular formula is C22H30FIN4O2. The number of guanidine groups is 1. The molecule has 0 radical (unpaired) electrons. The normalized spacial score (nSPS) is 14.8. The maximum Gasteiger partial charge on any atom is 0.191 e. The Labute approximate surface area is 194 Å². The maximum atomic E-state index is 13.4. The zero-order chi connectivity index (χ0) is 20.6. The number of rotatable bonds is 6. The number of hydrogen-bond donors (Lipinski definition) is 3. The summed E-state index contributed by atoms with van der Waals surface area (Å²) in [5, 5.41) is 16.8. The summed E-state index contributed by atoms with van der Waals surface area (Å²) in [6.45, 7) is 2.40. The third-order valence-electron chi connectivity index (χ3n) is 5.21. The van der Waals surface area contributed by atoms with Crippen LogP contribution in [0.1, 0.15) is 18.4 Å². The smallest absolute Gasteiger partial charge is 0.191 e. The van der Waals surface area contributed by atoms with Gasteiger partial charge in [-0.05, 0) is 49.1 Å². The molecule has 164 valence electrons. The summed E-state index contributed by atoms with van der Waals surface area (Å²) in [5.41, 5.74) is 1.79. The van der Waals surface area contributed by atoms with Gasteiger partial charge in [0.05, 0.1) is 7.11 Å². The van der Waals surface area contributed by atoms with Gasteiger partial charge in [0.25, 0.3) is 0 Å². The fraction of sp³-hybridized carbons (Fsp3) is 0.409. The third-order valence-corrected chi connectivity index (χ3v) is 5.21. The molecule has 6 nitrogen and oxygen atoms in total. The first-order chi connectivity index (χ1) is 14.1. The first-order valence-electron chi connectivity index (χ1n) is 9.92. The monoisotopic (exact) mass is 528 g/mol. The van der Waals surface area contributed by atoms with Gasteiger partial charge in [-0.3, -0.25) is 4.99 Å². The Morgan fingerprint density at radius 2 is 2.00 bits per heavy atom. The molecule has 0 bridgehead atoms. The van der Waals surface area contributed by atoms with E-state index in [-0.39, 0.29) is 35.5 Å². The Hall–Kier alpha value is -2.23. The van der Waals surface area contributed by atoms with Gasteiger partial charge >= 0.3 is 0 Å². The molecule has 0 saturated carbocycles. The Kier molecular flexibility index (Phi) is 9.48. The number of phenolic OH excluding ortho intramolecular Hbond substituents is 1. The number of nitrogens with one attached hydrogen (secondary N) is 2. The zero-order valence-electron chi connectivity index (χ0n) is 17.4. The van der Waals surface area contributed by atoms with Crippen molar-refractivity contribution in [1.82, 2.24) is 10.6 Å². The van der Waals surface area contributed by atoms with Gasteiger partial charge < -0.3 is 25.4 Å². The molecule has 0 aliphatic carbocycles. The predicted octanol–water partition coefficient (Wildman–Crippen LogP) is 3.53. The van der Waals surface area contributed by atoms with Gasteiger partial charge in [-0.1, -0.05) is 12.1 Å². The first kappa shape index (κ1) is 24.0. The van der Waals surface area contributed by atoms with Crippen LogP contribution in [0.15, 0.2) is 47.5 Å². The SMILES string of the molecule is CN=C(NCCc1ccc(OC)cc1O)NC1CCN(c2cccc(F)c2)CC1.I. The summed E-state index contributed by atoms with van der Waals surface area (Å²) in [5.74, 6) is 1.43. The molecule has 0 spiro atoms. The second-order valence-electron chi connectivity index (χ2n) is 7.13. The van der Waals surface area contributed by atoms with E-state index in [2.05, 4.69) is 20.5 Å². The molecule has 0 atom stereocenters. The van der Waals surface area contributed by atoms with Gasteiger partial charge in [-0.15, -0.1) is 24.0 Å². The molecule has 1 aliphatic rings. The fourth-order valence-corrected chi connectivity index (χ4v) is 3.54. The van der Waals surface area contributed by atoms with Crippen molar-refractivity contribution < 1.29 is 14.2 Å². The van der Waals surface area contributed by atoms with Crippen molar-refractivity contribution in [3.05, 3.63) is 53.8 Å². The Balaban J connectivity index is 0.00000320. The van der Waals surface area contributed by atoms with Crippen molar-refractivity contribution in [3.63, 3.8) is 0 Å². The number of anilines is 1. The van der Waals surface area contributed by atoms with Crippen molar-refractivity contribution >= 4 is 35.6 Å². The lowest BCUT2D eigenvalue weighted by Crippen LogP contribution is -2.49. The molecule has 1 heterocycles. The van der Waals surface area contributed by atoms with E-state index in [1.54, 1.807) is 32.4 Å². The number of benzene rings is 2. The van der Waals surface area contributed by atoms with Crippen LogP contribution in [0, 0.1) is 5.82 Å². The number of aliphatic imine (C=N–C) groups is 1. The fourth-order valence-electron chi connectivity index (χ4n) is 3.54. The summed E-state index contributed by atoms with van der Waals surface area (Å²) < 4.78 is 18.5. The van der Waals surface area contributed by atoms with Crippen LogP contribution in [0.25, 0.3) is 0 Å². The molecule has 1 aliphatic heterocycles. The number of halogens is 2. The quantitative estimate of drug-likeness (QED) is 0.304. The zero-order valence-corrected chi connectivity index (χ0v) is 19.7. The minimum atomic E-state index is -0.199. The number of ether oxygens (including phenoxy) is 1. The van der Waals surface area contributed by atoms with Crippen LogP contribution in [0.4, 0.5) is 10.1 Å². The van der Waals surface area contributed by atoms with Crippen LogP contribution in [0.2, 0.25) is 0 Å². The topological polar surface area (TPSA) is 69.1 Å². The lowest BCUT2D eigenvalue weighted by Gasteiger charge is -2.34. The van der Waals surface area contributed by atoms with Crippen molar-refractivity contribution in [2.45, 2.75) is 25.3 Å². The highest BCUT2D eigenvalue weighted by atomic mass is 127. The number of piperidine rings is 1. The number of methoxy groups -OCH3 is 1. The highest BCUT2D eigenvalue weighted by Gasteiger charge is 2.20. The molecule has 8 heteroatoms. The van der Waals surface area contributed by atoms with Gasteiger partial charge in [-0.2, -0.15) is 0 Å². The molecule has 0 unspecified atom stereocenters. The number of hydrogen-bond acceptors (Lipinski definition) is 4. The second kappa shape index (κ2) is 11.8. The summed E-state index contributed by atoms with van der Waals surface area (Å²) in [4.78, 5) is 6.51. The molecule has 1 saturated heterocycles. The van der Waals surface area contributed by atoms with E-state index in [4.69, 9.17) is 4.74 Å². The summed E-state index contributed by atoms with van der Waals surface area (Å²) in [6, 6.07) is 12.4. The van der Waals surface area contributed by atoms with E-state index in [0.717, 1.165) is 43.1 Å². The average Bonchev–Trinajstić information content (AvgIpc) is 2.74. The molecular weight excluding hydrogens is 498 g/mol. The van der Waals surface area contributed by atoms with Crippen LogP contribution >= 0.6 is 24.0 Å². The molecule has 3 rings (SSSR count). The van der Waals surface area contributed by atoms with Crippen molar-refractivity contribution in [2.24, 2.45) is 4.99 Å². The van der Waals surface area contributed by atoms with Crippen molar-refractivity contribution in [1.29, 1.82) is 0 Å². The maximum absolute atomic E-state index is 13.4. The van der Waals surface area contributed by atoms with Crippen LogP contribution in [-0.2, 0) is 6.42 Å². The largest absolute Gasteiger partial charge is 0.508 e. The summed E-state index contributed by atoms with van der Waals surface area (Å²) in [6.07, 6.45) is 2.58. The van der Waals surface area contributed by atoms with Gasteiger partial charge in [0, 0.05) is 44.5 Å². The standard InChI is InChI=1S/C22H29FN4O2.HI/c1-24-22(25-11-8-16-6-7-20(29-2)15-21(16)28)26-18-9-12-27(13-10-18)19-5-3-4-17(23)14-19;/h3-7,14-15,18,28H,8-13H2,1-2H3,(H2,24,25,26);1H. The summed E-state index contributed by atoms with van der Waals surface area (Å²) >= 11 is 0. The second-order valence-corrected chi connectivity index (χ2v) is 7.13. The average molecular weight is 528 g/mol. The van der Waals surface area contributed by atoms with E-state index >= 15 is 0 Å². The van der Waals surface area contributed by atoms with E-state index in [9.17, 15) is 9.50 Å². The molecule has 1 fully saturated rings. The lowest BCUT2D eigenvalue weighted by molar-refractivity contribution is 0.406. The highest BCUT2D eigenvalue weighted by Crippen LogP contribution is 2.23. The molecule has 0 aromatic heterocycles. The molecule has 0 amide bonds. The van der Waals surface area contributed by atoms with Gasteiger partial charge in [0.15, 0.2) is 5.96 Å². The van der Waals surface area contributed by atoms with Crippen molar-refractivity contribution in [2.75, 3.05) is 38.7 Å². The molecule has 2 aromatic rings. The number of nitrogens with zero attached hydrogens (tertiary/aromatic N) is 2. The highest BCUT2D eigenvalue weighted by molar-refractivity contribution is 14.0. The van der Waals surface area contributed by atoms with Gasteiger partial charge in [0.1, 0.15) is 17.3 Å². The Morgan fingerprint density at radius 3 is 2.63 bits per heavy atom. The first-order valence-corrected chi connectivity index (χ1v) is 9.92. The van der Waals surface area contributed by atoms with Crippen molar-refractivity contribution in [3.8, 4) is 11.5 Å². The van der Waals surface area contributed by atoms with Gasteiger partial charge in [0.2, 0.25) is 0 Å². The lowest BCUT2D eigenvalue weighted by atomic mass is 10.0. The number of phenols is 1. The van der Waals surface area contributed by atoms with Crippen LogP contribution in [-0.4, -0.2) is 50.9 Å². The minimum absolute atomic E-state index is 0. The van der Waals surface area contributed by atoms with E-state index in [0.29, 0.717) is 24.8 Å². The number of aromatic hydroxyl groups is 1. The van der Waals surface area contributed by atoms with Gasteiger partial charge in [-0.25, -0.2) is 4.39 Å². The Bertz CT molecular complexity index is 842. The predicted molar refractivity (Wildman–Crippen MR) is 130 cm³/mol. The molecule has 30 heavy (non-hydrogen) atoms. The van der Waals surface area contributed by atoms with Crippen LogP contribution < -0.4 is 20.3 Å². The van der Waals surface area contributed by atoms with E-state index in [1.807, 2.05) is 18.2 Å². The van der Waals surface area contributed by atoms with Crippen LogP contribution in [0.3, 0.4) is 0 Å². The van der Waals surface area contributed by atoms with Crippen LogP contribution in [0.5, 0.6) is 11.5 Å².